The number of unbranched alkanes of at least 4 members (excludes halogenated alkanes) is 25. The van der Waals surface area contributed by atoms with E-state index in [-0.39, 0.29) is 12.8 Å². The maximum absolute atomic E-state index is 13.1. The SMILES string of the molecule is CCCCCCCCCCCCCC/C=C/CC/C=C/CCCC(O)C(O)C(COC1OC(CO)C(O)C(O)C1O)NC(=O)C(O)CCCCCCCCCCCCCC. The smallest absolute Gasteiger partial charge is 0.249 e. The van der Waals surface area contributed by atoms with E-state index in [0.717, 1.165) is 38.5 Å². The van der Waals surface area contributed by atoms with Crippen molar-refractivity contribution in [3.05, 3.63) is 24.3 Å². The van der Waals surface area contributed by atoms with E-state index in [4.69, 9.17) is 9.47 Å². The van der Waals surface area contributed by atoms with Crippen LogP contribution >= 0.6 is 0 Å². The summed E-state index contributed by atoms with van der Waals surface area (Å²) in [4.78, 5) is 13.1. The van der Waals surface area contributed by atoms with Crippen molar-refractivity contribution in [2.45, 2.75) is 268 Å². The number of nitrogens with one attached hydrogen (secondary N) is 1. The molecule has 0 radical (unpaired) electrons. The summed E-state index contributed by atoms with van der Waals surface area (Å²) in [7, 11) is 0. The van der Waals surface area contributed by atoms with Crippen molar-refractivity contribution in [1.29, 1.82) is 0 Å². The first-order valence-corrected chi connectivity index (χ1v) is 24.7. The number of aliphatic hydroxyl groups is 7. The van der Waals surface area contributed by atoms with Crippen LogP contribution in [0.1, 0.15) is 213 Å². The van der Waals surface area contributed by atoms with Crippen molar-refractivity contribution in [3.8, 4) is 0 Å². The summed E-state index contributed by atoms with van der Waals surface area (Å²) in [6, 6.07) is -1.19. The maximum Gasteiger partial charge on any atom is 0.249 e. The number of rotatable bonds is 41. The second-order valence-corrected chi connectivity index (χ2v) is 17.5. The van der Waals surface area contributed by atoms with Crippen LogP contribution in [0.5, 0.6) is 0 Å². The van der Waals surface area contributed by atoms with Crippen molar-refractivity contribution >= 4 is 5.91 Å². The Bertz CT molecular complexity index is 1030. The van der Waals surface area contributed by atoms with Gasteiger partial charge in [0.2, 0.25) is 5.91 Å². The van der Waals surface area contributed by atoms with Crippen LogP contribution in [0.15, 0.2) is 24.3 Å². The molecule has 9 unspecified atom stereocenters. The average Bonchev–Trinajstić information content (AvgIpc) is 3.25. The largest absolute Gasteiger partial charge is 0.394 e. The fraction of sp³-hybridized carbons (Fsp3) is 0.898. The molecular weight excluding hydrogens is 763 g/mol. The Morgan fingerprint density at radius 3 is 1.48 bits per heavy atom. The molecule has 354 valence electrons. The number of ether oxygens (including phenoxy) is 2. The van der Waals surface area contributed by atoms with E-state index in [2.05, 4.69) is 43.5 Å². The second-order valence-electron chi connectivity index (χ2n) is 17.5. The molecule has 0 aliphatic carbocycles. The molecule has 11 heteroatoms. The molecule has 1 amide bonds. The van der Waals surface area contributed by atoms with Crippen LogP contribution in [0.2, 0.25) is 0 Å². The highest BCUT2D eigenvalue weighted by Gasteiger charge is 2.44. The highest BCUT2D eigenvalue weighted by molar-refractivity contribution is 5.80. The zero-order valence-electron chi connectivity index (χ0n) is 38.2. The van der Waals surface area contributed by atoms with Gasteiger partial charge in [0.1, 0.15) is 36.6 Å². The van der Waals surface area contributed by atoms with Gasteiger partial charge < -0.3 is 50.5 Å². The van der Waals surface area contributed by atoms with Gasteiger partial charge in [0.25, 0.3) is 0 Å². The van der Waals surface area contributed by atoms with Crippen LogP contribution in [0.3, 0.4) is 0 Å². The molecular formula is C49H93NO10. The van der Waals surface area contributed by atoms with E-state index >= 15 is 0 Å². The van der Waals surface area contributed by atoms with Gasteiger partial charge in [0.15, 0.2) is 6.29 Å². The van der Waals surface area contributed by atoms with Crippen LogP contribution in [-0.4, -0.2) is 110 Å². The van der Waals surface area contributed by atoms with Gasteiger partial charge in [0.05, 0.1) is 25.4 Å². The van der Waals surface area contributed by atoms with Crippen LogP contribution in [-0.2, 0) is 14.3 Å². The fourth-order valence-corrected chi connectivity index (χ4v) is 7.87. The van der Waals surface area contributed by atoms with Crippen molar-refractivity contribution in [2.75, 3.05) is 13.2 Å². The third-order valence-corrected chi connectivity index (χ3v) is 12.0. The Morgan fingerprint density at radius 2 is 1.00 bits per heavy atom. The second kappa shape index (κ2) is 39.2. The van der Waals surface area contributed by atoms with Gasteiger partial charge in [-0.15, -0.1) is 0 Å². The van der Waals surface area contributed by atoms with Gasteiger partial charge in [-0.25, -0.2) is 0 Å². The molecule has 1 rings (SSSR count). The van der Waals surface area contributed by atoms with Crippen molar-refractivity contribution < 1.29 is 50.0 Å². The van der Waals surface area contributed by atoms with E-state index in [0.29, 0.717) is 19.3 Å². The number of carbonyl (C=O) groups excluding carboxylic acids is 1. The van der Waals surface area contributed by atoms with Crippen LogP contribution in [0.4, 0.5) is 0 Å². The predicted molar refractivity (Wildman–Crippen MR) is 242 cm³/mol. The zero-order valence-corrected chi connectivity index (χ0v) is 38.2. The van der Waals surface area contributed by atoms with E-state index in [1.165, 1.54) is 128 Å². The summed E-state index contributed by atoms with van der Waals surface area (Å²) in [5.41, 5.74) is 0. The summed E-state index contributed by atoms with van der Waals surface area (Å²) in [6.07, 6.45) is 32.3. The van der Waals surface area contributed by atoms with E-state index < -0.39 is 74.2 Å². The first-order valence-electron chi connectivity index (χ1n) is 24.7. The first kappa shape index (κ1) is 56.6. The minimum absolute atomic E-state index is 0.248. The summed E-state index contributed by atoms with van der Waals surface area (Å²) in [5.74, 6) is -0.710. The Hall–Kier alpha value is -1.41. The molecule has 11 nitrogen and oxygen atoms in total. The van der Waals surface area contributed by atoms with Gasteiger partial charge in [-0.1, -0.05) is 186 Å². The molecule has 1 saturated heterocycles. The third kappa shape index (κ3) is 28.3. The zero-order chi connectivity index (χ0) is 44.1. The minimum Gasteiger partial charge on any atom is -0.394 e. The standard InChI is InChI=1S/C49H93NO10/c1-3-5-7-9-11-13-15-17-18-19-20-21-22-23-24-25-27-28-30-32-34-36-41(52)44(54)40(39-59-49-47(57)46(56)45(55)43(38-51)60-49)50-48(58)42(53)37-35-33-31-29-26-16-14-12-10-8-6-4-2/h23-24,28,30,40-47,49,51-57H,3-22,25-27,29,31-39H2,1-2H3,(H,50,58)/b24-23+,30-28+. The Labute approximate surface area is 365 Å². The van der Waals surface area contributed by atoms with Crippen molar-refractivity contribution in [1.82, 2.24) is 5.32 Å². The molecule has 0 saturated carbocycles. The topological polar surface area (TPSA) is 189 Å². The summed E-state index contributed by atoms with van der Waals surface area (Å²) in [6.45, 7) is 3.42. The molecule has 1 heterocycles. The van der Waals surface area contributed by atoms with E-state index in [1.54, 1.807) is 0 Å². The quantitative estimate of drug-likeness (QED) is 0.0218. The van der Waals surface area contributed by atoms with E-state index in [9.17, 15) is 40.5 Å². The maximum atomic E-state index is 13.1. The summed E-state index contributed by atoms with van der Waals surface area (Å²) in [5, 5.41) is 75.7. The molecule has 1 aliphatic heterocycles. The molecule has 0 spiro atoms. The summed E-state index contributed by atoms with van der Waals surface area (Å²) < 4.78 is 11.1. The normalized spacial score (nSPS) is 21.8. The minimum atomic E-state index is -1.67. The Kier molecular flexibility index (Phi) is 37.0. The molecule has 8 N–H and O–H groups in total. The highest BCUT2D eigenvalue weighted by Crippen LogP contribution is 2.23. The molecule has 0 bridgehead atoms. The average molecular weight is 856 g/mol. The monoisotopic (exact) mass is 856 g/mol. The van der Waals surface area contributed by atoms with Crippen molar-refractivity contribution in [2.24, 2.45) is 0 Å². The van der Waals surface area contributed by atoms with Crippen LogP contribution in [0.25, 0.3) is 0 Å². The summed E-state index contributed by atoms with van der Waals surface area (Å²) >= 11 is 0. The van der Waals surface area contributed by atoms with Crippen molar-refractivity contribution in [3.63, 3.8) is 0 Å². The molecule has 1 aliphatic rings. The number of hydrogen-bond donors (Lipinski definition) is 8. The van der Waals surface area contributed by atoms with Gasteiger partial charge in [0, 0.05) is 0 Å². The van der Waals surface area contributed by atoms with Gasteiger partial charge in [-0.05, 0) is 51.4 Å². The lowest BCUT2D eigenvalue weighted by molar-refractivity contribution is -0.303. The molecule has 1 fully saturated rings. The third-order valence-electron chi connectivity index (χ3n) is 12.0. The van der Waals surface area contributed by atoms with Gasteiger partial charge in [-0.2, -0.15) is 0 Å². The number of aliphatic hydroxyl groups excluding tert-OH is 7. The number of hydrogen-bond acceptors (Lipinski definition) is 10. The highest BCUT2D eigenvalue weighted by atomic mass is 16.7. The van der Waals surface area contributed by atoms with E-state index in [1.807, 2.05) is 0 Å². The van der Waals surface area contributed by atoms with Gasteiger partial charge in [-0.3, -0.25) is 4.79 Å². The molecule has 0 aromatic carbocycles. The molecule has 60 heavy (non-hydrogen) atoms. The lowest BCUT2D eigenvalue weighted by atomic mass is 9.98. The Morgan fingerprint density at radius 1 is 0.567 bits per heavy atom. The first-order chi connectivity index (χ1) is 29.2. The molecule has 0 aromatic rings. The molecule has 0 aromatic heterocycles. The van der Waals surface area contributed by atoms with Crippen LogP contribution in [0, 0.1) is 0 Å². The fourth-order valence-electron chi connectivity index (χ4n) is 7.87. The predicted octanol–water partition coefficient (Wildman–Crippen LogP) is 8.62. The molecule has 9 atom stereocenters. The lowest BCUT2D eigenvalue weighted by Crippen LogP contribution is -2.60. The van der Waals surface area contributed by atoms with Gasteiger partial charge >= 0.3 is 0 Å². The number of allylic oxidation sites excluding steroid dienone is 4. The number of carbonyl (C=O) groups is 1. The lowest BCUT2D eigenvalue weighted by Gasteiger charge is -2.40. The van der Waals surface area contributed by atoms with Crippen LogP contribution < -0.4 is 5.32 Å². The number of amides is 1. The Balaban J connectivity index is 2.43.